The van der Waals surface area contributed by atoms with E-state index in [-0.39, 0.29) is 17.5 Å². The number of nitrogens with zero attached hydrogens (tertiary/aromatic N) is 6. The summed E-state index contributed by atoms with van der Waals surface area (Å²) in [4.78, 5) is 44.1. The lowest BCUT2D eigenvalue weighted by atomic mass is 10.1. The fraction of sp³-hybridized carbons (Fsp3) is 0.381. The van der Waals surface area contributed by atoms with Gasteiger partial charge in [0.1, 0.15) is 17.2 Å². The molecule has 0 aliphatic carbocycles. The van der Waals surface area contributed by atoms with E-state index >= 15 is 0 Å². The zero-order chi connectivity index (χ0) is 21.0. The first kappa shape index (κ1) is 18.5. The van der Waals surface area contributed by atoms with Crippen molar-refractivity contribution in [3.63, 3.8) is 0 Å². The minimum absolute atomic E-state index is 0.132. The Morgan fingerprint density at radius 1 is 1.20 bits per heavy atom. The van der Waals surface area contributed by atoms with Gasteiger partial charge in [-0.2, -0.15) is 4.98 Å². The van der Waals surface area contributed by atoms with E-state index in [0.717, 1.165) is 19.4 Å². The van der Waals surface area contributed by atoms with Crippen LogP contribution in [0.3, 0.4) is 0 Å². The molecule has 5 rings (SSSR count). The van der Waals surface area contributed by atoms with Crippen LogP contribution in [0.2, 0.25) is 0 Å². The lowest BCUT2D eigenvalue weighted by molar-refractivity contribution is 0.0988. The molecule has 0 unspecified atom stereocenters. The van der Waals surface area contributed by atoms with E-state index in [1.165, 1.54) is 4.57 Å². The maximum atomic E-state index is 13.6. The van der Waals surface area contributed by atoms with Crippen LogP contribution in [-0.4, -0.2) is 51.6 Å². The molecule has 3 aromatic rings. The quantitative estimate of drug-likeness (QED) is 0.693. The molecule has 9 heteroatoms. The molecule has 0 radical (unpaired) electrons. The molecule has 2 aliphatic heterocycles. The molecule has 1 N–H and O–H groups in total. The van der Waals surface area contributed by atoms with E-state index in [1.54, 1.807) is 32.1 Å². The van der Waals surface area contributed by atoms with Gasteiger partial charge in [-0.05, 0) is 31.9 Å². The van der Waals surface area contributed by atoms with E-state index in [4.69, 9.17) is 0 Å². The molecule has 0 spiro atoms. The van der Waals surface area contributed by atoms with E-state index in [2.05, 4.69) is 25.2 Å². The molecule has 1 saturated heterocycles. The number of amides is 1. The molecule has 9 nitrogen and oxygen atoms in total. The van der Waals surface area contributed by atoms with Crippen LogP contribution in [0.5, 0.6) is 0 Å². The van der Waals surface area contributed by atoms with Crippen molar-refractivity contribution < 1.29 is 4.79 Å². The number of benzene rings is 1. The fourth-order valence-corrected chi connectivity index (χ4v) is 4.44. The van der Waals surface area contributed by atoms with Gasteiger partial charge in [-0.1, -0.05) is 6.07 Å². The van der Waals surface area contributed by atoms with E-state index in [9.17, 15) is 9.59 Å². The highest BCUT2D eigenvalue weighted by Crippen LogP contribution is 2.35. The lowest BCUT2D eigenvalue weighted by Crippen LogP contribution is -2.40. The van der Waals surface area contributed by atoms with Crippen LogP contribution in [0.25, 0.3) is 10.9 Å². The van der Waals surface area contributed by atoms with Crippen LogP contribution < -0.4 is 20.7 Å². The van der Waals surface area contributed by atoms with Gasteiger partial charge >= 0.3 is 0 Å². The van der Waals surface area contributed by atoms with Gasteiger partial charge in [-0.25, -0.2) is 9.97 Å². The van der Waals surface area contributed by atoms with Gasteiger partial charge < -0.3 is 15.1 Å². The highest BCUT2D eigenvalue weighted by molar-refractivity contribution is 6.13. The van der Waals surface area contributed by atoms with Gasteiger partial charge in [0, 0.05) is 39.4 Å². The molecule has 1 aromatic carbocycles. The molecule has 4 heterocycles. The van der Waals surface area contributed by atoms with Gasteiger partial charge in [0.15, 0.2) is 0 Å². The highest BCUT2D eigenvalue weighted by Gasteiger charge is 2.38. The number of anilines is 3. The first-order valence-corrected chi connectivity index (χ1v) is 10.1. The van der Waals surface area contributed by atoms with Crippen molar-refractivity contribution in [2.24, 2.45) is 7.05 Å². The number of aryl methyl sites for hydroxylation is 1. The molecule has 2 aliphatic rings. The lowest BCUT2D eigenvalue weighted by Gasteiger charge is -2.27. The molecule has 154 valence electrons. The number of carbonyl (C=O) groups excluding carboxylic acids is 1. The predicted molar refractivity (Wildman–Crippen MR) is 115 cm³/mol. The maximum Gasteiger partial charge on any atom is 0.263 e. The third kappa shape index (κ3) is 2.65. The van der Waals surface area contributed by atoms with Crippen molar-refractivity contribution in [1.29, 1.82) is 0 Å². The Morgan fingerprint density at radius 3 is 2.83 bits per heavy atom. The molecule has 0 saturated carbocycles. The Labute approximate surface area is 173 Å². The standard InChI is InChI=1S/C21H23N7O2/c1-12-24-15-7-4-8-16(17(15)20(30)26(12)3)28-11-13-6-5-9-27(13)18-14(19(28)29)10-23-21(22-2)25-18/h4,7-8,10,13H,5-6,9,11H2,1-3H3,(H,22,23,25)/t13-/m0/s1. The Balaban J connectivity index is 1.73. The summed E-state index contributed by atoms with van der Waals surface area (Å²) in [5.41, 5.74) is 1.47. The zero-order valence-electron chi connectivity index (χ0n) is 17.2. The van der Waals surface area contributed by atoms with Crippen LogP contribution in [0, 0.1) is 6.92 Å². The topological polar surface area (TPSA) is 96.2 Å². The van der Waals surface area contributed by atoms with Crippen molar-refractivity contribution >= 4 is 34.3 Å². The summed E-state index contributed by atoms with van der Waals surface area (Å²) in [7, 11) is 3.46. The van der Waals surface area contributed by atoms with E-state index < -0.39 is 0 Å². The Morgan fingerprint density at radius 2 is 2.03 bits per heavy atom. The van der Waals surface area contributed by atoms with Crippen LogP contribution in [-0.2, 0) is 7.05 Å². The second kappa shape index (κ2) is 6.79. The van der Waals surface area contributed by atoms with Crippen LogP contribution >= 0.6 is 0 Å². The number of fused-ring (bicyclic) bond motifs is 4. The third-order valence-corrected chi connectivity index (χ3v) is 6.11. The van der Waals surface area contributed by atoms with Crippen LogP contribution in [0.4, 0.5) is 17.5 Å². The normalized spacial score (nSPS) is 18.4. The van der Waals surface area contributed by atoms with E-state index in [1.807, 2.05) is 18.2 Å². The summed E-state index contributed by atoms with van der Waals surface area (Å²) in [6, 6.07) is 5.61. The summed E-state index contributed by atoms with van der Waals surface area (Å²) in [6.45, 7) is 3.13. The van der Waals surface area contributed by atoms with Crippen molar-refractivity contribution in [2.45, 2.75) is 25.8 Å². The molecule has 2 aromatic heterocycles. The highest BCUT2D eigenvalue weighted by atomic mass is 16.2. The molecule has 30 heavy (non-hydrogen) atoms. The molecule has 0 bridgehead atoms. The summed E-state index contributed by atoms with van der Waals surface area (Å²) in [5.74, 6) is 1.58. The Hall–Kier alpha value is -3.49. The van der Waals surface area contributed by atoms with Crippen molar-refractivity contribution in [2.75, 3.05) is 35.3 Å². The Kier molecular flexibility index (Phi) is 4.19. The molecular weight excluding hydrogens is 382 g/mol. The minimum atomic E-state index is -0.197. The molecule has 1 amide bonds. The number of carbonyl (C=O) groups is 1. The van der Waals surface area contributed by atoms with Gasteiger partial charge in [0.05, 0.1) is 16.6 Å². The number of nitrogens with one attached hydrogen (secondary N) is 1. The maximum absolute atomic E-state index is 13.6. The average Bonchev–Trinajstić information content (AvgIpc) is 3.18. The molecule has 1 fully saturated rings. The van der Waals surface area contributed by atoms with Gasteiger partial charge in [-0.15, -0.1) is 0 Å². The monoisotopic (exact) mass is 405 g/mol. The van der Waals surface area contributed by atoms with Crippen molar-refractivity contribution in [1.82, 2.24) is 19.5 Å². The largest absolute Gasteiger partial charge is 0.357 e. The SMILES string of the molecule is CNc1ncc2c(n1)N1CCC[C@H]1CN(c1cccc3nc(C)n(C)c(=O)c13)C2=O. The number of rotatable bonds is 2. The first-order valence-electron chi connectivity index (χ1n) is 10.1. The zero-order valence-corrected chi connectivity index (χ0v) is 17.2. The summed E-state index contributed by atoms with van der Waals surface area (Å²) < 4.78 is 1.52. The molecular formula is C21H23N7O2. The second-order valence-electron chi connectivity index (χ2n) is 7.78. The molecule has 1 atom stereocenters. The summed E-state index contributed by atoms with van der Waals surface area (Å²) in [6.07, 6.45) is 3.57. The van der Waals surface area contributed by atoms with Crippen molar-refractivity contribution in [3.05, 3.63) is 46.1 Å². The average molecular weight is 405 g/mol. The number of aromatic nitrogens is 4. The van der Waals surface area contributed by atoms with Gasteiger partial charge in [0.25, 0.3) is 11.5 Å². The third-order valence-electron chi connectivity index (χ3n) is 6.11. The number of hydrogen-bond acceptors (Lipinski definition) is 7. The van der Waals surface area contributed by atoms with Gasteiger partial charge in [0.2, 0.25) is 5.95 Å². The van der Waals surface area contributed by atoms with Gasteiger partial charge in [-0.3, -0.25) is 14.2 Å². The first-order chi connectivity index (χ1) is 14.5. The van der Waals surface area contributed by atoms with E-state index in [0.29, 0.717) is 46.3 Å². The predicted octanol–water partition coefficient (Wildman–Crippen LogP) is 1.70. The summed E-state index contributed by atoms with van der Waals surface area (Å²) >= 11 is 0. The Bertz CT molecular complexity index is 1240. The fourth-order valence-electron chi connectivity index (χ4n) is 4.44. The van der Waals surface area contributed by atoms with Crippen molar-refractivity contribution in [3.8, 4) is 0 Å². The second-order valence-corrected chi connectivity index (χ2v) is 7.78. The number of hydrogen-bond donors (Lipinski definition) is 1. The van der Waals surface area contributed by atoms with Crippen LogP contribution in [0.15, 0.2) is 29.2 Å². The summed E-state index contributed by atoms with van der Waals surface area (Å²) in [5, 5.41) is 3.41. The van der Waals surface area contributed by atoms with Crippen LogP contribution in [0.1, 0.15) is 29.0 Å². The smallest absolute Gasteiger partial charge is 0.263 e. The minimum Gasteiger partial charge on any atom is -0.357 e.